The Morgan fingerprint density at radius 3 is 0.984 bits per heavy atom. The minimum absolute atomic E-state index is 0.381. The summed E-state index contributed by atoms with van der Waals surface area (Å²) in [7, 11) is -0.403. The van der Waals surface area contributed by atoms with E-state index in [1.54, 1.807) is 0 Å². The zero-order chi connectivity index (χ0) is 42.4. The van der Waals surface area contributed by atoms with Crippen LogP contribution in [-0.4, -0.2) is 18.3 Å². The van der Waals surface area contributed by atoms with Gasteiger partial charge in [-0.1, -0.05) is 210 Å². The lowest BCUT2D eigenvalue weighted by molar-refractivity contribution is 0.00578. The molecule has 1 aliphatic rings. The summed E-state index contributed by atoms with van der Waals surface area (Å²) in [5.74, 6) is 0. The fourth-order valence-corrected chi connectivity index (χ4v) is 9.50. The van der Waals surface area contributed by atoms with Gasteiger partial charge in [-0.2, -0.15) is 0 Å². The van der Waals surface area contributed by atoms with Gasteiger partial charge in [0.05, 0.1) is 11.2 Å². The second-order valence-electron chi connectivity index (χ2n) is 17.1. The van der Waals surface area contributed by atoms with Crippen molar-refractivity contribution >= 4 is 71.6 Å². The van der Waals surface area contributed by atoms with E-state index in [-0.39, 0.29) is 11.2 Å². The molecule has 0 N–H and O–H groups in total. The standard InChI is InChI=1S/C32H29BO2.C26H17Br/c1-31(2)32(3,4)35-33(34-31)24-19-20-27-28(21-24)30(23-15-9-6-10-16-23)26-18-12-11-17-25(26)29(27)22-13-7-5-8-14-22;27-20-15-16-23-24(17-20)26(19-11-5-2-6-12-19)22-14-8-7-13-21(22)25(23)18-9-3-1-4-10-18/h5-21H,1-4H3;1-17H. The summed E-state index contributed by atoms with van der Waals surface area (Å²) < 4.78 is 13.9. The van der Waals surface area contributed by atoms with Crippen LogP contribution in [0.3, 0.4) is 0 Å². The van der Waals surface area contributed by atoms with E-state index in [2.05, 4.69) is 250 Å². The number of fused-ring (bicyclic) bond motifs is 4. The number of halogens is 1. The molecule has 0 atom stereocenters. The van der Waals surface area contributed by atoms with Crippen LogP contribution in [0.5, 0.6) is 0 Å². The van der Waals surface area contributed by atoms with Gasteiger partial charge in [0, 0.05) is 4.47 Å². The molecule has 0 aromatic heterocycles. The molecule has 0 unspecified atom stereocenters. The van der Waals surface area contributed by atoms with Crippen LogP contribution < -0.4 is 5.46 Å². The monoisotopic (exact) mass is 864 g/mol. The van der Waals surface area contributed by atoms with Crippen molar-refractivity contribution in [1.29, 1.82) is 0 Å². The first-order chi connectivity index (χ1) is 30.2. The summed E-state index contributed by atoms with van der Waals surface area (Å²) in [6.07, 6.45) is 0. The molecule has 0 radical (unpaired) electrons. The molecular formula is C58H46BBrO2. The fourth-order valence-electron chi connectivity index (χ4n) is 9.14. The second kappa shape index (κ2) is 16.2. The summed E-state index contributed by atoms with van der Waals surface area (Å²) >= 11 is 3.68. The highest BCUT2D eigenvalue weighted by atomic mass is 79.9. The molecule has 62 heavy (non-hydrogen) atoms. The average Bonchev–Trinajstić information content (AvgIpc) is 3.53. The summed E-state index contributed by atoms with van der Waals surface area (Å²) in [5, 5.41) is 10.1. The van der Waals surface area contributed by atoms with Gasteiger partial charge in [0.1, 0.15) is 0 Å². The van der Waals surface area contributed by atoms with Crippen molar-refractivity contribution in [3.63, 3.8) is 0 Å². The van der Waals surface area contributed by atoms with Gasteiger partial charge >= 0.3 is 7.12 Å². The number of hydrogen-bond acceptors (Lipinski definition) is 2. The van der Waals surface area contributed by atoms with E-state index in [4.69, 9.17) is 9.31 Å². The number of hydrogen-bond donors (Lipinski definition) is 0. The van der Waals surface area contributed by atoms with E-state index < -0.39 is 7.12 Å². The number of benzene rings is 10. The summed E-state index contributed by atoms with van der Waals surface area (Å²) in [6.45, 7) is 8.41. The Kier molecular flexibility index (Phi) is 10.4. The zero-order valence-corrected chi connectivity index (χ0v) is 37.0. The molecule has 10 aromatic carbocycles. The summed E-state index contributed by atoms with van der Waals surface area (Å²) in [5.41, 5.74) is 10.3. The van der Waals surface area contributed by atoms with Gasteiger partial charge < -0.3 is 9.31 Å². The Hall–Kier alpha value is -6.30. The predicted octanol–water partition coefficient (Wildman–Crippen LogP) is 15.7. The van der Waals surface area contributed by atoms with Crippen LogP contribution in [0.15, 0.2) is 211 Å². The molecule has 11 rings (SSSR count). The zero-order valence-electron chi connectivity index (χ0n) is 35.4. The van der Waals surface area contributed by atoms with E-state index in [1.807, 2.05) is 0 Å². The maximum atomic E-state index is 6.42. The van der Waals surface area contributed by atoms with Gasteiger partial charge in [0.2, 0.25) is 0 Å². The lowest BCUT2D eigenvalue weighted by atomic mass is 9.76. The molecule has 10 aromatic rings. The quantitative estimate of drug-likeness (QED) is 0.127. The van der Waals surface area contributed by atoms with Gasteiger partial charge in [-0.05, 0) is 133 Å². The Labute approximate surface area is 373 Å². The van der Waals surface area contributed by atoms with Gasteiger partial charge in [0.15, 0.2) is 0 Å². The van der Waals surface area contributed by atoms with Crippen molar-refractivity contribution in [1.82, 2.24) is 0 Å². The van der Waals surface area contributed by atoms with E-state index in [0.29, 0.717) is 0 Å². The van der Waals surface area contributed by atoms with Gasteiger partial charge in [-0.15, -0.1) is 0 Å². The van der Waals surface area contributed by atoms with Crippen LogP contribution in [0, 0.1) is 0 Å². The SMILES string of the molecule is Brc1ccc2c(-c3ccccc3)c3ccccc3c(-c3ccccc3)c2c1.CC1(C)OB(c2ccc3c(-c4ccccc4)c4ccccc4c(-c4ccccc4)c3c2)OC1(C)C. The van der Waals surface area contributed by atoms with Crippen molar-refractivity contribution in [3.05, 3.63) is 211 Å². The van der Waals surface area contributed by atoms with Gasteiger partial charge in [-0.3, -0.25) is 0 Å². The van der Waals surface area contributed by atoms with Gasteiger partial charge in [0.25, 0.3) is 0 Å². The predicted molar refractivity (Wildman–Crippen MR) is 268 cm³/mol. The van der Waals surface area contributed by atoms with Crippen LogP contribution >= 0.6 is 15.9 Å². The first-order valence-electron chi connectivity index (χ1n) is 21.4. The molecule has 4 heteroatoms. The fraction of sp³-hybridized carbons (Fsp3) is 0.103. The van der Waals surface area contributed by atoms with E-state index in [9.17, 15) is 0 Å². The van der Waals surface area contributed by atoms with E-state index >= 15 is 0 Å². The van der Waals surface area contributed by atoms with Crippen molar-refractivity contribution in [2.75, 3.05) is 0 Å². The number of rotatable bonds is 5. The average molecular weight is 866 g/mol. The maximum absolute atomic E-state index is 6.42. The molecule has 1 saturated heterocycles. The maximum Gasteiger partial charge on any atom is 0.494 e. The van der Waals surface area contributed by atoms with Crippen LogP contribution in [0.4, 0.5) is 0 Å². The smallest absolute Gasteiger partial charge is 0.399 e. The molecule has 0 saturated carbocycles. The lowest BCUT2D eigenvalue weighted by Crippen LogP contribution is -2.41. The molecule has 0 aliphatic carbocycles. The Balaban J connectivity index is 0.000000153. The first kappa shape index (κ1) is 39.8. The van der Waals surface area contributed by atoms with Crippen molar-refractivity contribution in [2.24, 2.45) is 0 Å². The van der Waals surface area contributed by atoms with Crippen molar-refractivity contribution < 1.29 is 9.31 Å². The largest absolute Gasteiger partial charge is 0.494 e. The van der Waals surface area contributed by atoms with Crippen LogP contribution in [-0.2, 0) is 9.31 Å². The Morgan fingerprint density at radius 2 is 0.613 bits per heavy atom. The molecule has 0 amide bonds. The first-order valence-corrected chi connectivity index (χ1v) is 22.2. The molecule has 1 heterocycles. The minimum Gasteiger partial charge on any atom is -0.399 e. The highest BCUT2D eigenvalue weighted by Gasteiger charge is 2.51. The highest BCUT2D eigenvalue weighted by molar-refractivity contribution is 9.10. The molecule has 0 spiro atoms. The molecular weight excluding hydrogens is 819 g/mol. The third kappa shape index (κ3) is 7.12. The Morgan fingerprint density at radius 1 is 0.323 bits per heavy atom. The highest BCUT2D eigenvalue weighted by Crippen LogP contribution is 2.46. The van der Waals surface area contributed by atoms with E-state index in [1.165, 1.54) is 87.6 Å². The normalized spacial score (nSPS) is 14.3. The minimum atomic E-state index is -0.403. The van der Waals surface area contributed by atoms with E-state index in [0.717, 1.165) is 9.94 Å². The van der Waals surface area contributed by atoms with Crippen molar-refractivity contribution in [2.45, 2.75) is 38.9 Å². The molecule has 300 valence electrons. The molecule has 1 aliphatic heterocycles. The molecule has 0 bridgehead atoms. The third-order valence-corrected chi connectivity index (χ3v) is 13.3. The van der Waals surface area contributed by atoms with Crippen LogP contribution in [0.1, 0.15) is 27.7 Å². The van der Waals surface area contributed by atoms with Gasteiger partial charge in [-0.25, -0.2) is 0 Å². The lowest BCUT2D eigenvalue weighted by Gasteiger charge is -2.32. The molecule has 2 nitrogen and oxygen atoms in total. The summed E-state index contributed by atoms with van der Waals surface area (Å²) in [4.78, 5) is 0. The van der Waals surface area contributed by atoms with Crippen LogP contribution in [0.2, 0.25) is 0 Å². The third-order valence-electron chi connectivity index (χ3n) is 12.8. The summed E-state index contributed by atoms with van der Waals surface area (Å²) in [6, 6.07) is 73.6. The molecule has 1 fully saturated rings. The van der Waals surface area contributed by atoms with Crippen molar-refractivity contribution in [3.8, 4) is 44.5 Å². The Bertz CT molecular complexity index is 3220. The second-order valence-corrected chi connectivity index (χ2v) is 18.1. The topological polar surface area (TPSA) is 18.5 Å². The van der Waals surface area contributed by atoms with Crippen LogP contribution in [0.25, 0.3) is 87.6 Å².